The van der Waals surface area contributed by atoms with Gasteiger partial charge >= 0.3 is 0 Å². The number of aryl methyl sites for hydroxylation is 1. The number of hydrogen-bond donors (Lipinski definition) is 1. The molecule has 0 bridgehead atoms. The summed E-state index contributed by atoms with van der Waals surface area (Å²) in [6.07, 6.45) is 0.975. The third-order valence-corrected chi connectivity index (χ3v) is 5.63. The van der Waals surface area contributed by atoms with Gasteiger partial charge in [0.15, 0.2) is 11.6 Å². The predicted octanol–water partition coefficient (Wildman–Crippen LogP) is 7.37. The Balaban J connectivity index is 1.46. The van der Waals surface area contributed by atoms with E-state index in [1.807, 2.05) is 18.2 Å². The standard InChI is InChI=1S/C28H18F3N/c1-2-17-4-10-22-23-11-5-18(14-28(23)32-27(22)13-17)3-6-19-7-8-20(15-25(19)30)21-9-12-24(29)26(31)16-21/h4-5,7-16,32H,2H2,1H3. The third-order valence-electron chi connectivity index (χ3n) is 5.63. The molecule has 0 unspecified atom stereocenters. The molecule has 0 saturated carbocycles. The molecular formula is C28H18F3N. The lowest BCUT2D eigenvalue weighted by Crippen LogP contribution is -1.89. The summed E-state index contributed by atoms with van der Waals surface area (Å²) < 4.78 is 41.2. The van der Waals surface area contributed by atoms with Crippen molar-refractivity contribution in [3.63, 3.8) is 0 Å². The Hall–Kier alpha value is -3.97. The van der Waals surface area contributed by atoms with Gasteiger partial charge in [-0.15, -0.1) is 0 Å². The highest BCUT2D eigenvalue weighted by Crippen LogP contribution is 2.27. The maximum absolute atomic E-state index is 14.6. The van der Waals surface area contributed by atoms with E-state index in [0.717, 1.165) is 45.9 Å². The molecule has 0 aliphatic heterocycles. The van der Waals surface area contributed by atoms with Crippen LogP contribution in [-0.4, -0.2) is 4.98 Å². The van der Waals surface area contributed by atoms with Gasteiger partial charge in [0.1, 0.15) is 5.82 Å². The second kappa shape index (κ2) is 7.94. The molecule has 1 N–H and O–H groups in total. The molecule has 5 rings (SSSR count). The Morgan fingerprint density at radius 2 is 1.34 bits per heavy atom. The molecule has 0 saturated heterocycles. The van der Waals surface area contributed by atoms with Crippen LogP contribution in [0.15, 0.2) is 72.8 Å². The van der Waals surface area contributed by atoms with Gasteiger partial charge in [0, 0.05) is 27.4 Å². The van der Waals surface area contributed by atoms with Crippen molar-refractivity contribution in [1.82, 2.24) is 4.98 Å². The summed E-state index contributed by atoms with van der Waals surface area (Å²) in [6.45, 7) is 2.13. The van der Waals surface area contributed by atoms with Crippen LogP contribution in [0.1, 0.15) is 23.6 Å². The summed E-state index contributed by atoms with van der Waals surface area (Å²) in [6, 6.07) is 20.3. The molecule has 1 nitrogen and oxygen atoms in total. The first kappa shape index (κ1) is 20.0. The van der Waals surface area contributed by atoms with Crippen molar-refractivity contribution < 1.29 is 13.2 Å². The van der Waals surface area contributed by atoms with Gasteiger partial charge in [-0.1, -0.05) is 49.1 Å². The molecule has 0 amide bonds. The van der Waals surface area contributed by atoms with Crippen molar-refractivity contribution in [2.24, 2.45) is 0 Å². The van der Waals surface area contributed by atoms with Gasteiger partial charge in [0.2, 0.25) is 0 Å². The zero-order chi connectivity index (χ0) is 22.2. The first-order valence-corrected chi connectivity index (χ1v) is 10.3. The van der Waals surface area contributed by atoms with Crippen LogP contribution in [0.2, 0.25) is 0 Å². The Kier molecular flexibility index (Phi) is 4.95. The van der Waals surface area contributed by atoms with Gasteiger partial charge in [0.25, 0.3) is 0 Å². The van der Waals surface area contributed by atoms with Crippen LogP contribution in [-0.2, 0) is 6.42 Å². The van der Waals surface area contributed by atoms with Crippen LogP contribution in [0, 0.1) is 29.3 Å². The highest BCUT2D eigenvalue weighted by Gasteiger charge is 2.08. The van der Waals surface area contributed by atoms with E-state index in [-0.39, 0.29) is 5.56 Å². The highest BCUT2D eigenvalue weighted by atomic mass is 19.2. The molecule has 1 aromatic heterocycles. The molecule has 156 valence electrons. The fourth-order valence-corrected chi connectivity index (χ4v) is 3.87. The molecule has 32 heavy (non-hydrogen) atoms. The number of aromatic nitrogens is 1. The smallest absolute Gasteiger partial charge is 0.159 e. The van der Waals surface area contributed by atoms with Gasteiger partial charge in [-0.25, -0.2) is 13.2 Å². The van der Waals surface area contributed by atoms with Crippen molar-refractivity contribution in [1.29, 1.82) is 0 Å². The highest BCUT2D eigenvalue weighted by molar-refractivity contribution is 6.07. The maximum atomic E-state index is 14.6. The van der Waals surface area contributed by atoms with E-state index in [9.17, 15) is 13.2 Å². The number of benzene rings is 4. The van der Waals surface area contributed by atoms with Crippen molar-refractivity contribution in [2.75, 3.05) is 0 Å². The van der Waals surface area contributed by atoms with Crippen molar-refractivity contribution in [2.45, 2.75) is 13.3 Å². The van der Waals surface area contributed by atoms with E-state index in [2.05, 4.69) is 41.9 Å². The molecule has 1 heterocycles. The zero-order valence-electron chi connectivity index (χ0n) is 17.3. The third kappa shape index (κ3) is 3.63. The second-order valence-corrected chi connectivity index (χ2v) is 7.69. The zero-order valence-corrected chi connectivity index (χ0v) is 17.3. The lowest BCUT2D eigenvalue weighted by Gasteiger charge is -2.04. The molecule has 0 radical (unpaired) electrons. The van der Waals surface area contributed by atoms with E-state index < -0.39 is 17.5 Å². The normalized spacial score (nSPS) is 11.0. The fourth-order valence-electron chi connectivity index (χ4n) is 3.87. The molecule has 4 aromatic carbocycles. The second-order valence-electron chi connectivity index (χ2n) is 7.69. The Bertz CT molecular complexity index is 1550. The summed E-state index contributed by atoms with van der Waals surface area (Å²) in [5, 5.41) is 2.28. The van der Waals surface area contributed by atoms with Crippen LogP contribution >= 0.6 is 0 Å². The monoisotopic (exact) mass is 425 g/mol. The molecule has 0 aliphatic carbocycles. The van der Waals surface area contributed by atoms with Crippen molar-refractivity contribution in [3.05, 3.63) is 107 Å². The quantitative estimate of drug-likeness (QED) is 0.284. The number of hydrogen-bond acceptors (Lipinski definition) is 0. The minimum Gasteiger partial charge on any atom is -0.354 e. The molecule has 0 aliphatic rings. The number of H-pyrrole nitrogens is 1. The van der Waals surface area contributed by atoms with Gasteiger partial charge in [-0.3, -0.25) is 0 Å². The number of halogens is 3. The van der Waals surface area contributed by atoms with Gasteiger partial charge in [-0.05, 0) is 65.6 Å². The van der Waals surface area contributed by atoms with Crippen LogP contribution in [0.5, 0.6) is 0 Å². The number of aromatic amines is 1. The van der Waals surface area contributed by atoms with Crippen LogP contribution in [0.4, 0.5) is 13.2 Å². The summed E-state index contributed by atoms with van der Waals surface area (Å²) in [4.78, 5) is 3.44. The lowest BCUT2D eigenvalue weighted by atomic mass is 10.0. The van der Waals surface area contributed by atoms with Crippen molar-refractivity contribution in [3.8, 4) is 23.0 Å². The van der Waals surface area contributed by atoms with E-state index in [4.69, 9.17) is 0 Å². The molecule has 0 fully saturated rings. The van der Waals surface area contributed by atoms with Gasteiger partial charge in [-0.2, -0.15) is 0 Å². The molecule has 0 atom stereocenters. The molecule has 0 spiro atoms. The van der Waals surface area contributed by atoms with Crippen LogP contribution in [0.3, 0.4) is 0 Å². The number of rotatable bonds is 2. The fraction of sp³-hybridized carbons (Fsp3) is 0.0714. The van der Waals surface area contributed by atoms with E-state index in [1.165, 1.54) is 17.7 Å². The summed E-state index contributed by atoms with van der Waals surface area (Å²) >= 11 is 0. The topological polar surface area (TPSA) is 15.8 Å². The molecular weight excluding hydrogens is 407 g/mol. The van der Waals surface area contributed by atoms with E-state index in [1.54, 1.807) is 12.1 Å². The average Bonchev–Trinajstić information content (AvgIpc) is 3.16. The number of nitrogens with one attached hydrogen (secondary N) is 1. The summed E-state index contributed by atoms with van der Waals surface area (Å²) in [5.74, 6) is 3.47. The van der Waals surface area contributed by atoms with E-state index in [0.29, 0.717) is 11.1 Å². The summed E-state index contributed by atoms with van der Waals surface area (Å²) in [7, 11) is 0. The largest absolute Gasteiger partial charge is 0.354 e. The average molecular weight is 425 g/mol. The predicted molar refractivity (Wildman–Crippen MR) is 123 cm³/mol. The maximum Gasteiger partial charge on any atom is 0.159 e. The van der Waals surface area contributed by atoms with Crippen LogP contribution < -0.4 is 0 Å². The lowest BCUT2D eigenvalue weighted by molar-refractivity contribution is 0.509. The Morgan fingerprint density at radius 3 is 2.06 bits per heavy atom. The first-order chi connectivity index (χ1) is 15.5. The minimum atomic E-state index is -0.968. The van der Waals surface area contributed by atoms with Crippen molar-refractivity contribution >= 4 is 21.8 Å². The van der Waals surface area contributed by atoms with Crippen LogP contribution in [0.25, 0.3) is 32.9 Å². The Labute approximate surface area is 183 Å². The summed E-state index contributed by atoms with van der Waals surface area (Å²) in [5.41, 5.74) is 5.20. The van der Waals surface area contributed by atoms with E-state index >= 15 is 0 Å². The van der Waals surface area contributed by atoms with Gasteiger partial charge in [0.05, 0.1) is 5.56 Å². The first-order valence-electron chi connectivity index (χ1n) is 10.3. The SMILES string of the molecule is CCc1ccc2c(c1)[nH]c1cc(C#Cc3ccc(-c4ccc(F)c(F)c4)cc3F)ccc12. The minimum absolute atomic E-state index is 0.237. The van der Waals surface area contributed by atoms with Gasteiger partial charge < -0.3 is 4.98 Å². The number of fused-ring (bicyclic) bond motifs is 3. The molecule has 5 aromatic rings. The Morgan fingerprint density at radius 1 is 0.656 bits per heavy atom. The molecule has 4 heteroatoms.